The molecule has 0 amide bonds. The Hall–Kier alpha value is -1.30. The lowest BCUT2D eigenvalue weighted by atomic mass is 10.3. The summed E-state index contributed by atoms with van der Waals surface area (Å²) in [5.74, 6) is 0. The number of pyridine rings is 1. The van der Waals surface area contributed by atoms with E-state index < -0.39 is 11.9 Å². The number of halogens is 3. The quantitative estimate of drug-likeness (QED) is 0.798. The topological polar surface area (TPSA) is 42.1 Å². The van der Waals surface area contributed by atoms with Gasteiger partial charge < -0.3 is 10.6 Å². The molecular weight excluding hydrogens is 219 g/mol. The van der Waals surface area contributed by atoms with Crippen LogP contribution in [0.2, 0.25) is 0 Å². The van der Waals surface area contributed by atoms with Gasteiger partial charge in [0.15, 0.2) is 0 Å². The summed E-state index contributed by atoms with van der Waals surface area (Å²) < 4.78 is 37.3. The molecule has 2 N–H and O–H groups in total. The van der Waals surface area contributed by atoms with Crippen LogP contribution in [0, 0.1) is 0 Å². The predicted octanol–water partition coefficient (Wildman–Crippen LogP) is 1.64. The number of alkyl halides is 3. The fourth-order valence-corrected chi connectivity index (χ4v) is 1.79. The summed E-state index contributed by atoms with van der Waals surface area (Å²) in [6.07, 6.45) is -2.40. The molecule has 1 unspecified atom stereocenters. The number of hydrogen-bond acceptors (Lipinski definition) is 3. The minimum atomic E-state index is -4.39. The van der Waals surface area contributed by atoms with E-state index in [1.165, 1.54) is 6.20 Å². The molecule has 2 rings (SSSR count). The van der Waals surface area contributed by atoms with Gasteiger partial charge in [0.1, 0.15) is 5.69 Å². The van der Waals surface area contributed by atoms with Crippen molar-refractivity contribution < 1.29 is 13.2 Å². The number of nitrogens with zero attached hydrogens (tertiary/aromatic N) is 2. The van der Waals surface area contributed by atoms with E-state index in [-0.39, 0.29) is 6.04 Å². The first-order valence-corrected chi connectivity index (χ1v) is 5.00. The maximum Gasteiger partial charge on any atom is 0.433 e. The highest BCUT2D eigenvalue weighted by atomic mass is 19.4. The summed E-state index contributed by atoms with van der Waals surface area (Å²) in [5, 5.41) is 0. The molecule has 0 radical (unpaired) electrons. The average Bonchev–Trinajstić information content (AvgIpc) is 2.64. The van der Waals surface area contributed by atoms with Crippen LogP contribution >= 0.6 is 0 Å². The van der Waals surface area contributed by atoms with Crippen LogP contribution < -0.4 is 10.6 Å². The first kappa shape index (κ1) is 11.2. The van der Waals surface area contributed by atoms with Crippen molar-refractivity contribution in [1.82, 2.24) is 4.98 Å². The molecule has 16 heavy (non-hydrogen) atoms. The number of rotatable bonds is 1. The molecule has 1 fully saturated rings. The predicted molar refractivity (Wildman–Crippen MR) is 54.0 cm³/mol. The number of anilines is 1. The second-order valence-electron chi connectivity index (χ2n) is 3.89. The van der Waals surface area contributed by atoms with Gasteiger partial charge in [-0.05, 0) is 18.6 Å². The molecule has 1 aliphatic rings. The zero-order valence-corrected chi connectivity index (χ0v) is 8.54. The van der Waals surface area contributed by atoms with Crippen molar-refractivity contribution in [3.8, 4) is 0 Å². The molecule has 0 bridgehead atoms. The SMILES string of the molecule is NC1CCN(c2ccnc(C(F)(F)F)c2)C1. The number of nitrogens with two attached hydrogens (primary N) is 1. The van der Waals surface area contributed by atoms with Crippen LogP contribution in [-0.4, -0.2) is 24.1 Å². The van der Waals surface area contributed by atoms with E-state index in [0.717, 1.165) is 12.5 Å². The molecular formula is C10H12F3N3. The van der Waals surface area contributed by atoms with E-state index in [0.29, 0.717) is 18.8 Å². The van der Waals surface area contributed by atoms with Crippen LogP contribution in [0.4, 0.5) is 18.9 Å². The second-order valence-corrected chi connectivity index (χ2v) is 3.89. The van der Waals surface area contributed by atoms with Crippen LogP contribution in [0.3, 0.4) is 0 Å². The Morgan fingerprint density at radius 3 is 2.75 bits per heavy atom. The van der Waals surface area contributed by atoms with Crippen molar-refractivity contribution in [2.75, 3.05) is 18.0 Å². The van der Waals surface area contributed by atoms with Crippen molar-refractivity contribution in [3.63, 3.8) is 0 Å². The highest BCUT2D eigenvalue weighted by molar-refractivity contribution is 5.48. The fourth-order valence-electron chi connectivity index (χ4n) is 1.79. The van der Waals surface area contributed by atoms with Crippen LogP contribution in [0.15, 0.2) is 18.3 Å². The third kappa shape index (κ3) is 2.27. The smallest absolute Gasteiger partial charge is 0.370 e. The van der Waals surface area contributed by atoms with Crippen LogP contribution in [-0.2, 0) is 6.18 Å². The van der Waals surface area contributed by atoms with E-state index in [1.54, 1.807) is 6.07 Å². The highest BCUT2D eigenvalue weighted by Gasteiger charge is 2.33. The van der Waals surface area contributed by atoms with E-state index in [9.17, 15) is 13.2 Å². The van der Waals surface area contributed by atoms with Gasteiger partial charge in [0, 0.05) is 31.0 Å². The van der Waals surface area contributed by atoms with Gasteiger partial charge in [0.2, 0.25) is 0 Å². The third-order valence-corrected chi connectivity index (χ3v) is 2.62. The van der Waals surface area contributed by atoms with Gasteiger partial charge in [-0.15, -0.1) is 0 Å². The summed E-state index contributed by atoms with van der Waals surface area (Å²) in [6.45, 7) is 1.30. The van der Waals surface area contributed by atoms with Gasteiger partial charge in [-0.1, -0.05) is 0 Å². The summed E-state index contributed by atoms with van der Waals surface area (Å²) >= 11 is 0. The van der Waals surface area contributed by atoms with Crippen LogP contribution in [0.1, 0.15) is 12.1 Å². The molecule has 1 aromatic rings. The van der Waals surface area contributed by atoms with E-state index in [1.807, 2.05) is 4.90 Å². The number of aromatic nitrogens is 1. The molecule has 0 spiro atoms. The standard InChI is InChI=1S/C10H12F3N3/c11-10(12,13)9-5-8(1-3-15-9)16-4-2-7(14)6-16/h1,3,5,7H,2,4,6,14H2. The third-order valence-electron chi connectivity index (χ3n) is 2.62. The van der Waals surface area contributed by atoms with E-state index >= 15 is 0 Å². The maximum atomic E-state index is 12.4. The maximum absolute atomic E-state index is 12.4. The molecule has 0 aliphatic carbocycles. The molecule has 1 saturated heterocycles. The van der Waals surface area contributed by atoms with Crippen molar-refractivity contribution in [1.29, 1.82) is 0 Å². The first-order chi connectivity index (χ1) is 7.47. The lowest BCUT2D eigenvalue weighted by Crippen LogP contribution is -2.26. The zero-order valence-electron chi connectivity index (χ0n) is 8.54. The van der Waals surface area contributed by atoms with Gasteiger partial charge in [-0.25, -0.2) is 0 Å². The molecule has 1 aliphatic heterocycles. The molecule has 0 saturated carbocycles. The lowest BCUT2D eigenvalue weighted by molar-refractivity contribution is -0.141. The monoisotopic (exact) mass is 231 g/mol. The molecule has 1 aromatic heterocycles. The van der Waals surface area contributed by atoms with Crippen molar-refractivity contribution in [3.05, 3.63) is 24.0 Å². The van der Waals surface area contributed by atoms with Gasteiger partial charge >= 0.3 is 6.18 Å². The van der Waals surface area contributed by atoms with Gasteiger partial charge in [0.05, 0.1) is 0 Å². The summed E-state index contributed by atoms with van der Waals surface area (Å²) in [4.78, 5) is 5.17. The highest BCUT2D eigenvalue weighted by Crippen LogP contribution is 2.30. The largest absolute Gasteiger partial charge is 0.433 e. The minimum absolute atomic E-state index is 0.0440. The van der Waals surface area contributed by atoms with Gasteiger partial charge in [-0.2, -0.15) is 13.2 Å². The zero-order chi connectivity index (χ0) is 11.8. The Morgan fingerprint density at radius 2 is 2.19 bits per heavy atom. The molecule has 1 atom stereocenters. The summed E-state index contributed by atoms with van der Waals surface area (Å²) in [6, 6.07) is 2.69. The normalized spacial score (nSPS) is 21.5. The summed E-state index contributed by atoms with van der Waals surface area (Å²) in [7, 11) is 0. The van der Waals surface area contributed by atoms with Gasteiger partial charge in [0.25, 0.3) is 0 Å². The van der Waals surface area contributed by atoms with Gasteiger partial charge in [-0.3, -0.25) is 4.98 Å². The molecule has 2 heterocycles. The average molecular weight is 231 g/mol. The Kier molecular flexibility index (Phi) is 2.75. The first-order valence-electron chi connectivity index (χ1n) is 5.00. The van der Waals surface area contributed by atoms with Crippen molar-refractivity contribution >= 4 is 5.69 Å². The van der Waals surface area contributed by atoms with Crippen molar-refractivity contribution in [2.45, 2.75) is 18.6 Å². The second kappa shape index (κ2) is 3.93. The lowest BCUT2D eigenvalue weighted by Gasteiger charge is -2.18. The molecule has 0 aromatic carbocycles. The van der Waals surface area contributed by atoms with E-state index in [4.69, 9.17) is 5.73 Å². The molecule has 6 heteroatoms. The van der Waals surface area contributed by atoms with E-state index in [2.05, 4.69) is 4.98 Å². The number of hydrogen-bond donors (Lipinski definition) is 1. The summed E-state index contributed by atoms with van der Waals surface area (Å²) in [5.41, 5.74) is 5.39. The fraction of sp³-hybridized carbons (Fsp3) is 0.500. The molecule has 88 valence electrons. The molecule has 3 nitrogen and oxygen atoms in total. The minimum Gasteiger partial charge on any atom is -0.370 e. The van der Waals surface area contributed by atoms with Crippen molar-refractivity contribution in [2.24, 2.45) is 5.73 Å². The Bertz CT molecular complexity index is 378. The van der Waals surface area contributed by atoms with Crippen LogP contribution in [0.25, 0.3) is 0 Å². The Balaban J connectivity index is 2.23. The van der Waals surface area contributed by atoms with Crippen LogP contribution in [0.5, 0.6) is 0 Å². The Labute approximate surface area is 91.1 Å². The Morgan fingerprint density at radius 1 is 1.44 bits per heavy atom.